The van der Waals surface area contributed by atoms with Crippen LogP contribution >= 0.6 is 0 Å². The number of amides is 1. The van der Waals surface area contributed by atoms with Gasteiger partial charge in [0.2, 0.25) is 0 Å². The van der Waals surface area contributed by atoms with Gasteiger partial charge in [0, 0.05) is 26.2 Å². The monoisotopic (exact) mass is 480 g/mol. The van der Waals surface area contributed by atoms with Crippen LogP contribution in [-0.4, -0.2) is 77.7 Å². The average molecular weight is 481 g/mol. The molecule has 1 atom stereocenters. The third-order valence-corrected chi connectivity index (χ3v) is 6.43. The molecule has 2 aliphatic heterocycles. The first-order valence-corrected chi connectivity index (χ1v) is 12.0. The van der Waals surface area contributed by atoms with Crippen molar-refractivity contribution in [2.75, 3.05) is 46.0 Å². The number of ketones is 1. The van der Waals surface area contributed by atoms with Crippen LogP contribution < -0.4 is 4.74 Å². The van der Waals surface area contributed by atoms with Gasteiger partial charge in [-0.3, -0.25) is 14.5 Å². The molecule has 0 aromatic heterocycles. The molecule has 2 aromatic rings. The van der Waals surface area contributed by atoms with Gasteiger partial charge in [-0.15, -0.1) is 0 Å². The van der Waals surface area contributed by atoms with Crippen molar-refractivity contribution in [2.24, 2.45) is 0 Å². The molecule has 4 rings (SSSR count). The summed E-state index contributed by atoms with van der Waals surface area (Å²) in [5.74, 6) is -1.26. The summed E-state index contributed by atoms with van der Waals surface area (Å²) in [6, 6.07) is 11.2. The summed E-state index contributed by atoms with van der Waals surface area (Å²) in [6.45, 7) is 8.44. The number of aliphatic hydroxyl groups is 1. The zero-order valence-corrected chi connectivity index (χ0v) is 20.2. The Balaban J connectivity index is 1.70. The van der Waals surface area contributed by atoms with Gasteiger partial charge in [-0.1, -0.05) is 23.8 Å². The third-order valence-electron chi connectivity index (χ3n) is 6.43. The number of carbonyl (C=O) groups excluding carboxylic acids is 2. The number of rotatable bonds is 8. The number of likely N-dealkylation sites (tertiary alicyclic amines) is 1. The number of carbonyl (C=O) groups is 2. The maximum absolute atomic E-state index is 13.2. The number of benzene rings is 2. The normalized spacial score (nSPS) is 20.4. The Kier molecular flexibility index (Phi) is 7.73. The molecule has 1 amide bonds. The first kappa shape index (κ1) is 24.8. The highest BCUT2D eigenvalue weighted by Gasteiger charge is 2.46. The van der Waals surface area contributed by atoms with E-state index in [9.17, 15) is 19.8 Å². The Morgan fingerprint density at radius 1 is 1.09 bits per heavy atom. The van der Waals surface area contributed by atoms with Crippen molar-refractivity contribution in [1.29, 1.82) is 0 Å². The second kappa shape index (κ2) is 10.9. The number of phenols is 1. The fourth-order valence-corrected chi connectivity index (χ4v) is 4.64. The van der Waals surface area contributed by atoms with Gasteiger partial charge in [0.25, 0.3) is 11.7 Å². The molecule has 8 heteroatoms. The lowest BCUT2D eigenvalue weighted by Gasteiger charge is -2.29. The number of phenolic OH excluding ortho intramolecular Hbond substituents is 1. The summed E-state index contributed by atoms with van der Waals surface area (Å²) in [5, 5.41) is 21.6. The highest BCUT2D eigenvalue weighted by Crippen LogP contribution is 2.41. The fraction of sp³-hybridized carbons (Fsp3) is 0.407. The molecule has 0 spiro atoms. The zero-order chi connectivity index (χ0) is 24.9. The predicted octanol–water partition coefficient (Wildman–Crippen LogP) is 3.24. The number of aliphatic hydroxyl groups excluding tert-OH is 1. The van der Waals surface area contributed by atoms with E-state index in [2.05, 4.69) is 4.90 Å². The smallest absolute Gasteiger partial charge is 0.295 e. The highest BCUT2D eigenvalue weighted by molar-refractivity contribution is 6.46. The summed E-state index contributed by atoms with van der Waals surface area (Å²) in [5.41, 5.74) is 1.60. The Labute approximate surface area is 205 Å². The molecule has 2 aromatic carbocycles. The average Bonchev–Trinajstić information content (AvgIpc) is 3.11. The second-order valence-electron chi connectivity index (χ2n) is 8.82. The van der Waals surface area contributed by atoms with E-state index in [1.54, 1.807) is 36.4 Å². The fourth-order valence-electron chi connectivity index (χ4n) is 4.64. The molecule has 0 radical (unpaired) electrons. The van der Waals surface area contributed by atoms with E-state index in [0.29, 0.717) is 44.1 Å². The molecule has 2 N–H and O–H groups in total. The zero-order valence-electron chi connectivity index (χ0n) is 20.2. The molecule has 2 fully saturated rings. The largest absolute Gasteiger partial charge is 0.507 e. The van der Waals surface area contributed by atoms with E-state index < -0.39 is 17.7 Å². The quantitative estimate of drug-likeness (QED) is 0.340. The van der Waals surface area contributed by atoms with E-state index in [1.807, 2.05) is 13.8 Å². The Hall–Kier alpha value is -3.36. The number of morpholine rings is 1. The van der Waals surface area contributed by atoms with Crippen LogP contribution in [0.3, 0.4) is 0 Å². The number of aromatic hydroxyl groups is 1. The third kappa shape index (κ3) is 5.33. The van der Waals surface area contributed by atoms with Gasteiger partial charge in [0.05, 0.1) is 37.0 Å². The summed E-state index contributed by atoms with van der Waals surface area (Å²) in [7, 11) is 0. The maximum atomic E-state index is 13.2. The predicted molar refractivity (Wildman–Crippen MR) is 131 cm³/mol. The SMILES string of the molecule is CCOc1ccc([C@@H]2C(=C(O)c3cc(C)ccc3O)C(=O)C(=O)N2CCCN2CCOCC2)cc1. The van der Waals surface area contributed by atoms with E-state index in [-0.39, 0.29) is 22.6 Å². The Bertz CT molecular complexity index is 1110. The first-order valence-electron chi connectivity index (χ1n) is 12.0. The van der Waals surface area contributed by atoms with Crippen LogP contribution in [0.25, 0.3) is 5.76 Å². The van der Waals surface area contributed by atoms with Crippen molar-refractivity contribution in [3.05, 3.63) is 64.7 Å². The molecule has 8 nitrogen and oxygen atoms in total. The molecule has 186 valence electrons. The van der Waals surface area contributed by atoms with Crippen molar-refractivity contribution >= 4 is 17.4 Å². The number of nitrogens with zero attached hydrogens (tertiary/aromatic N) is 2. The van der Waals surface area contributed by atoms with Crippen molar-refractivity contribution in [3.8, 4) is 11.5 Å². The van der Waals surface area contributed by atoms with E-state index in [0.717, 1.165) is 25.2 Å². The van der Waals surface area contributed by atoms with Gasteiger partial charge in [-0.05, 0) is 50.1 Å². The summed E-state index contributed by atoms with van der Waals surface area (Å²) >= 11 is 0. The Morgan fingerprint density at radius 3 is 2.49 bits per heavy atom. The standard InChI is InChI=1S/C27H32N2O6/c1-3-35-20-8-6-19(7-9-20)24-23(25(31)21-17-18(2)5-10-22(21)30)26(32)27(33)29(24)12-4-11-28-13-15-34-16-14-28/h5-10,17,24,30-31H,3-4,11-16H2,1-2H3/t24-/m1/s1. The van der Waals surface area contributed by atoms with Gasteiger partial charge in [0.15, 0.2) is 0 Å². The van der Waals surface area contributed by atoms with Crippen LogP contribution in [0, 0.1) is 6.92 Å². The molecule has 2 aliphatic rings. The van der Waals surface area contributed by atoms with Crippen molar-refractivity contribution < 1.29 is 29.3 Å². The highest BCUT2D eigenvalue weighted by atomic mass is 16.5. The summed E-state index contributed by atoms with van der Waals surface area (Å²) in [6.07, 6.45) is 0.677. The minimum Gasteiger partial charge on any atom is -0.507 e. The lowest BCUT2D eigenvalue weighted by atomic mass is 9.94. The molecule has 2 saturated heterocycles. The molecule has 0 bridgehead atoms. The van der Waals surface area contributed by atoms with Crippen molar-refractivity contribution in [1.82, 2.24) is 9.80 Å². The number of Topliss-reactive ketones (excluding diaryl/α,β-unsaturated/α-hetero) is 1. The number of hydrogen-bond donors (Lipinski definition) is 2. The van der Waals surface area contributed by atoms with Crippen LogP contribution in [-0.2, 0) is 14.3 Å². The van der Waals surface area contributed by atoms with Crippen molar-refractivity contribution in [3.63, 3.8) is 0 Å². The van der Waals surface area contributed by atoms with Crippen LogP contribution in [0.1, 0.15) is 36.1 Å². The molecule has 0 unspecified atom stereocenters. The lowest BCUT2D eigenvalue weighted by Crippen LogP contribution is -2.38. The topological polar surface area (TPSA) is 99.5 Å². The molecular weight excluding hydrogens is 448 g/mol. The minimum atomic E-state index is -0.768. The second-order valence-corrected chi connectivity index (χ2v) is 8.82. The van der Waals surface area contributed by atoms with Crippen LogP contribution in [0.4, 0.5) is 0 Å². The van der Waals surface area contributed by atoms with Gasteiger partial charge < -0.3 is 24.6 Å². The van der Waals surface area contributed by atoms with E-state index in [1.165, 1.54) is 11.0 Å². The van der Waals surface area contributed by atoms with Gasteiger partial charge in [-0.2, -0.15) is 0 Å². The van der Waals surface area contributed by atoms with Gasteiger partial charge >= 0.3 is 0 Å². The van der Waals surface area contributed by atoms with Crippen LogP contribution in [0.5, 0.6) is 11.5 Å². The lowest BCUT2D eigenvalue weighted by molar-refractivity contribution is -0.140. The first-order chi connectivity index (χ1) is 16.9. The van der Waals surface area contributed by atoms with Crippen molar-refractivity contribution in [2.45, 2.75) is 26.3 Å². The van der Waals surface area contributed by atoms with Gasteiger partial charge in [0.1, 0.15) is 17.3 Å². The molecule has 0 aliphatic carbocycles. The number of hydrogen-bond acceptors (Lipinski definition) is 7. The summed E-state index contributed by atoms with van der Waals surface area (Å²) in [4.78, 5) is 30.2. The molecule has 2 heterocycles. The molecular formula is C27H32N2O6. The number of ether oxygens (including phenoxy) is 2. The molecule has 0 saturated carbocycles. The molecule has 35 heavy (non-hydrogen) atoms. The maximum Gasteiger partial charge on any atom is 0.295 e. The number of aryl methyl sites for hydroxylation is 1. The minimum absolute atomic E-state index is 0.0218. The van der Waals surface area contributed by atoms with E-state index >= 15 is 0 Å². The van der Waals surface area contributed by atoms with Crippen LogP contribution in [0.2, 0.25) is 0 Å². The Morgan fingerprint density at radius 2 is 1.80 bits per heavy atom. The van der Waals surface area contributed by atoms with E-state index in [4.69, 9.17) is 9.47 Å². The van der Waals surface area contributed by atoms with Gasteiger partial charge in [-0.25, -0.2) is 0 Å². The summed E-state index contributed by atoms with van der Waals surface area (Å²) < 4.78 is 10.9. The van der Waals surface area contributed by atoms with Crippen LogP contribution in [0.15, 0.2) is 48.0 Å².